The summed E-state index contributed by atoms with van der Waals surface area (Å²) in [5, 5.41) is 9.75. The number of pyridine rings is 2. The van der Waals surface area contributed by atoms with Crippen LogP contribution in [0.25, 0.3) is 22.4 Å². The highest BCUT2D eigenvalue weighted by atomic mass is 32.2. The van der Waals surface area contributed by atoms with Crippen LogP contribution in [0.3, 0.4) is 0 Å². The minimum absolute atomic E-state index is 0.118. The Bertz CT molecular complexity index is 1800. The Hall–Kier alpha value is -5.39. The van der Waals surface area contributed by atoms with Crippen LogP contribution in [0.5, 0.6) is 5.88 Å². The number of nitrogen functional groups attached to an aromatic ring is 1. The molecule has 5 rings (SSSR count). The van der Waals surface area contributed by atoms with Crippen LogP contribution in [0.1, 0.15) is 41.6 Å². The fraction of sp³-hybridized carbons (Fsp3) is 0.167. The lowest BCUT2D eigenvalue weighted by molar-refractivity contribution is 0.0952. The number of aromatic nitrogens is 2. The van der Waals surface area contributed by atoms with Gasteiger partial charge in [0.05, 0.1) is 22.8 Å². The number of benzene rings is 3. The molecule has 0 atom stereocenters. The van der Waals surface area contributed by atoms with E-state index in [0.717, 1.165) is 54.3 Å². The highest BCUT2D eigenvalue weighted by molar-refractivity contribution is 7.85. The quantitative estimate of drug-likeness (QED) is 0.0751. The third kappa shape index (κ3) is 10.9. The lowest BCUT2D eigenvalue weighted by Crippen LogP contribution is -2.24. The van der Waals surface area contributed by atoms with E-state index in [-0.39, 0.29) is 16.4 Å². The van der Waals surface area contributed by atoms with E-state index < -0.39 is 10.1 Å². The first kappa shape index (κ1) is 34.5. The predicted octanol–water partition coefficient (Wildman–Crippen LogP) is 6.35. The topological polar surface area (TPSA) is 171 Å². The number of hydrogen-bond donors (Lipinski definition) is 3. The number of nitrogens with zero attached hydrogens (tertiary/aromatic N) is 2. The van der Waals surface area contributed by atoms with Gasteiger partial charge in [0, 0.05) is 36.1 Å². The van der Waals surface area contributed by atoms with Crippen LogP contribution < -0.4 is 15.8 Å². The molecule has 0 saturated carbocycles. The Kier molecular flexibility index (Phi) is 12.7. The second-order valence-corrected chi connectivity index (χ2v) is 11.8. The molecule has 0 bridgehead atoms. The lowest BCUT2D eigenvalue weighted by atomic mass is 10.0. The van der Waals surface area contributed by atoms with E-state index in [0.29, 0.717) is 30.4 Å². The third-order valence-corrected chi connectivity index (χ3v) is 7.89. The summed E-state index contributed by atoms with van der Waals surface area (Å²) >= 11 is 0. The van der Waals surface area contributed by atoms with Crippen molar-refractivity contribution in [3.05, 3.63) is 127 Å². The zero-order chi connectivity index (χ0) is 33.5. The summed E-state index contributed by atoms with van der Waals surface area (Å²) in [5.74, 6) is 0.913. The van der Waals surface area contributed by atoms with Gasteiger partial charge in [-0.05, 0) is 48.2 Å². The summed E-state index contributed by atoms with van der Waals surface area (Å²) in [6, 6.07) is 33.4. The number of nitrogens with two attached hydrogens (primary N) is 1. The van der Waals surface area contributed by atoms with Gasteiger partial charge < -0.3 is 25.7 Å². The molecular weight excluding hydrogens is 614 g/mol. The number of ether oxygens (including phenoxy) is 1. The smallest absolute Gasteiger partial charge is 0.252 e. The van der Waals surface area contributed by atoms with Crippen molar-refractivity contribution in [2.75, 3.05) is 18.9 Å². The molecule has 0 aliphatic carbocycles. The summed E-state index contributed by atoms with van der Waals surface area (Å²) in [6.07, 6.45) is 6.19. The van der Waals surface area contributed by atoms with E-state index >= 15 is 0 Å². The van der Waals surface area contributed by atoms with E-state index in [9.17, 15) is 17.8 Å². The minimum atomic E-state index is -4.45. The second-order valence-electron chi connectivity index (χ2n) is 10.4. The summed E-state index contributed by atoms with van der Waals surface area (Å²) in [7, 11) is -4.45. The molecule has 2 heterocycles. The number of hydrogen-bond acceptors (Lipinski definition) is 9. The van der Waals surface area contributed by atoms with Gasteiger partial charge in [-0.3, -0.25) is 4.79 Å². The molecule has 242 valence electrons. The summed E-state index contributed by atoms with van der Waals surface area (Å²) in [6.45, 7) is 1.23. The molecule has 0 saturated heterocycles. The molecule has 0 fully saturated rings. The van der Waals surface area contributed by atoms with Crippen molar-refractivity contribution in [1.29, 1.82) is 5.41 Å². The van der Waals surface area contributed by atoms with E-state index in [2.05, 4.69) is 40.6 Å². The number of rotatable bonds is 13. The van der Waals surface area contributed by atoms with Crippen molar-refractivity contribution in [3.63, 3.8) is 0 Å². The molecule has 11 heteroatoms. The average Bonchev–Trinajstić information content (AvgIpc) is 3.10. The highest BCUT2D eigenvalue weighted by Crippen LogP contribution is 2.28. The van der Waals surface area contributed by atoms with Crippen molar-refractivity contribution in [1.82, 2.24) is 15.3 Å². The molecule has 0 aliphatic rings. The fourth-order valence-corrected chi connectivity index (χ4v) is 5.22. The van der Waals surface area contributed by atoms with Crippen LogP contribution >= 0.6 is 0 Å². The maximum absolute atomic E-state index is 12.1. The molecule has 0 spiro atoms. The van der Waals surface area contributed by atoms with Gasteiger partial charge in [0.1, 0.15) is 15.9 Å². The SMILES string of the molecule is N=Cc1ccccc1S(=O)(=O)[O-].Nc1ccc(C(=O)NCCCCCCOc2cc(-c3ccccc3)cc(-c3ccccc3)n2)cn1. The molecular formula is C36H36N5O5S-. The Morgan fingerprint density at radius 2 is 1.49 bits per heavy atom. The van der Waals surface area contributed by atoms with Crippen LogP contribution in [-0.2, 0) is 10.1 Å². The largest absolute Gasteiger partial charge is 0.744 e. The molecule has 0 aliphatic heterocycles. The second kappa shape index (κ2) is 17.3. The lowest BCUT2D eigenvalue weighted by Gasteiger charge is -2.11. The Morgan fingerprint density at radius 1 is 0.830 bits per heavy atom. The van der Waals surface area contributed by atoms with Gasteiger partial charge in [0.2, 0.25) is 5.88 Å². The number of carbonyl (C=O) groups is 1. The Balaban J connectivity index is 0.000000351. The highest BCUT2D eigenvalue weighted by Gasteiger charge is 2.09. The third-order valence-electron chi connectivity index (χ3n) is 6.98. The first-order valence-electron chi connectivity index (χ1n) is 15.1. The first-order chi connectivity index (χ1) is 22.7. The van der Waals surface area contributed by atoms with Gasteiger partial charge >= 0.3 is 0 Å². The summed E-state index contributed by atoms with van der Waals surface area (Å²) in [4.78, 5) is 20.4. The van der Waals surface area contributed by atoms with Gasteiger partial charge in [-0.2, -0.15) is 0 Å². The molecule has 3 aromatic carbocycles. The fourth-order valence-electron chi connectivity index (χ4n) is 4.56. The molecule has 0 radical (unpaired) electrons. The van der Waals surface area contributed by atoms with Crippen LogP contribution in [0, 0.1) is 5.41 Å². The number of nitrogens with one attached hydrogen (secondary N) is 2. The monoisotopic (exact) mass is 650 g/mol. The van der Waals surface area contributed by atoms with Crippen molar-refractivity contribution >= 4 is 28.1 Å². The van der Waals surface area contributed by atoms with Crippen LogP contribution in [0.15, 0.2) is 120 Å². The molecule has 0 unspecified atom stereocenters. The number of anilines is 1. The van der Waals surface area contributed by atoms with E-state index in [4.69, 9.17) is 20.9 Å². The molecule has 1 amide bonds. The number of carbonyl (C=O) groups excluding carboxylic acids is 1. The number of amides is 1. The van der Waals surface area contributed by atoms with Crippen LogP contribution in [0.2, 0.25) is 0 Å². The van der Waals surface area contributed by atoms with Gasteiger partial charge in [-0.1, -0.05) is 91.7 Å². The molecule has 47 heavy (non-hydrogen) atoms. The minimum Gasteiger partial charge on any atom is -0.744 e. The van der Waals surface area contributed by atoms with E-state index in [1.54, 1.807) is 18.2 Å². The van der Waals surface area contributed by atoms with Crippen molar-refractivity contribution < 1.29 is 22.5 Å². The Morgan fingerprint density at radius 3 is 2.13 bits per heavy atom. The molecule has 4 N–H and O–H groups in total. The Labute approximate surface area is 275 Å². The normalized spacial score (nSPS) is 10.7. The zero-order valence-electron chi connectivity index (χ0n) is 25.7. The van der Waals surface area contributed by atoms with Gasteiger partial charge in [0.25, 0.3) is 5.91 Å². The van der Waals surface area contributed by atoms with E-state index in [1.165, 1.54) is 24.4 Å². The van der Waals surface area contributed by atoms with Crippen molar-refractivity contribution in [2.45, 2.75) is 30.6 Å². The molecule has 5 aromatic rings. The molecule has 10 nitrogen and oxygen atoms in total. The standard InChI is InChI=1S/C29H30N4O2.C7H7NO3S/c30-27-16-15-24(21-32-27)29(34)31-17-9-1-2-10-18-35-28-20-25(22-11-5-3-6-12-22)19-26(33-28)23-13-7-4-8-14-23;8-5-6-3-1-2-4-7(6)12(9,10)11/h3-8,11-16,19-21H,1-2,9-10,17-18H2,(H2,30,32)(H,31,34);1-5,8H,(H,9,10,11)/p-1. The zero-order valence-corrected chi connectivity index (χ0v) is 26.5. The first-order valence-corrected chi connectivity index (χ1v) is 16.5. The van der Waals surface area contributed by atoms with Crippen molar-refractivity contribution in [3.8, 4) is 28.3 Å². The number of unbranched alkanes of at least 4 members (excludes halogenated alkanes) is 3. The van der Waals surface area contributed by atoms with Gasteiger partial charge in [-0.15, -0.1) is 0 Å². The average molecular weight is 651 g/mol. The maximum Gasteiger partial charge on any atom is 0.252 e. The van der Waals surface area contributed by atoms with Gasteiger partial charge in [-0.25, -0.2) is 18.4 Å². The van der Waals surface area contributed by atoms with E-state index in [1.807, 2.05) is 42.5 Å². The molecule has 2 aromatic heterocycles. The van der Waals surface area contributed by atoms with Crippen molar-refractivity contribution in [2.24, 2.45) is 0 Å². The van der Waals surface area contributed by atoms with Crippen LogP contribution in [-0.4, -0.2) is 48.2 Å². The summed E-state index contributed by atoms with van der Waals surface area (Å²) < 4.78 is 37.7. The van der Waals surface area contributed by atoms with Gasteiger partial charge in [0.15, 0.2) is 0 Å². The maximum atomic E-state index is 12.1. The summed E-state index contributed by atoms with van der Waals surface area (Å²) in [5.41, 5.74) is 10.4. The van der Waals surface area contributed by atoms with Crippen LogP contribution in [0.4, 0.5) is 5.82 Å². The predicted molar refractivity (Wildman–Crippen MR) is 182 cm³/mol.